The topological polar surface area (TPSA) is 0 Å². The van der Waals surface area contributed by atoms with Gasteiger partial charge in [0.2, 0.25) is 0 Å². The van der Waals surface area contributed by atoms with Gasteiger partial charge in [0.05, 0.1) is 0 Å². The molecule has 0 amide bonds. The molecular formula is C17H28S. The number of hydrogen-bond donors (Lipinski definition) is 1. The second-order valence-electron chi connectivity index (χ2n) is 7.79. The summed E-state index contributed by atoms with van der Waals surface area (Å²) in [7, 11) is 0. The summed E-state index contributed by atoms with van der Waals surface area (Å²) >= 11 is 4.79. The Hall–Kier alpha value is -0.430. The Labute approximate surface area is 119 Å². The van der Waals surface area contributed by atoms with E-state index in [2.05, 4.69) is 73.6 Å². The van der Waals surface area contributed by atoms with Crippen molar-refractivity contribution in [3.8, 4) is 0 Å². The van der Waals surface area contributed by atoms with E-state index in [9.17, 15) is 0 Å². The van der Waals surface area contributed by atoms with Crippen LogP contribution in [-0.4, -0.2) is 0 Å². The van der Waals surface area contributed by atoms with Crippen molar-refractivity contribution in [1.29, 1.82) is 0 Å². The smallest absolute Gasteiger partial charge is 0.0325 e. The van der Waals surface area contributed by atoms with Crippen LogP contribution in [0.25, 0.3) is 0 Å². The predicted molar refractivity (Wildman–Crippen MR) is 85.9 cm³/mol. The van der Waals surface area contributed by atoms with Crippen molar-refractivity contribution in [2.75, 3.05) is 0 Å². The lowest BCUT2D eigenvalue weighted by Gasteiger charge is -2.35. The molecule has 0 saturated heterocycles. The molecule has 0 aromatic heterocycles. The highest BCUT2D eigenvalue weighted by molar-refractivity contribution is 7.81. The Bertz CT molecular complexity index is 390. The van der Waals surface area contributed by atoms with Crippen LogP contribution in [0, 0.1) is 0 Å². The van der Waals surface area contributed by atoms with E-state index in [0.717, 1.165) is 0 Å². The molecule has 0 aliphatic carbocycles. The second-order valence-corrected chi connectivity index (χ2v) is 8.91. The van der Waals surface area contributed by atoms with E-state index >= 15 is 0 Å². The summed E-state index contributed by atoms with van der Waals surface area (Å²) in [4.78, 5) is 0. The third-order valence-electron chi connectivity index (χ3n) is 3.28. The zero-order valence-corrected chi connectivity index (χ0v) is 14.1. The number of hydrogen-bond acceptors (Lipinski definition) is 1. The molecule has 0 aliphatic heterocycles. The molecule has 0 radical (unpaired) electrons. The van der Waals surface area contributed by atoms with Crippen LogP contribution in [-0.2, 0) is 15.6 Å². The summed E-state index contributed by atoms with van der Waals surface area (Å²) in [6.45, 7) is 18.1. The number of rotatable bonds is 1. The predicted octanol–water partition coefficient (Wildman–Crippen LogP) is 5.45. The van der Waals surface area contributed by atoms with E-state index in [-0.39, 0.29) is 15.6 Å². The molecule has 1 aromatic rings. The summed E-state index contributed by atoms with van der Waals surface area (Å²) in [6.07, 6.45) is 0. The van der Waals surface area contributed by atoms with E-state index in [1.165, 1.54) is 16.7 Å². The quantitative estimate of drug-likeness (QED) is 0.641. The van der Waals surface area contributed by atoms with Gasteiger partial charge in [-0.05, 0) is 41.4 Å². The van der Waals surface area contributed by atoms with Gasteiger partial charge in [-0.2, -0.15) is 12.6 Å². The van der Waals surface area contributed by atoms with Crippen molar-refractivity contribution in [1.82, 2.24) is 0 Å². The lowest BCUT2D eigenvalue weighted by molar-refractivity contribution is 0.519. The maximum atomic E-state index is 4.79. The van der Waals surface area contributed by atoms with Crippen molar-refractivity contribution in [3.05, 3.63) is 34.9 Å². The maximum absolute atomic E-state index is 4.79. The molecule has 0 atom stereocenters. The van der Waals surface area contributed by atoms with Gasteiger partial charge in [0.1, 0.15) is 0 Å². The Balaban J connectivity index is 3.68. The zero-order valence-electron chi connectivity index (χ0n) is 13.2. The van der Waals surface area contributed by atoms with Gasteiger partial charge in [-0.15, -0.1) is 0 Å². The van der Waals surface area contributed by atoms with Crippen LogP contribution < -0.4 is 0 Å². The summed E-state index contributed by atoms with van der Waals surface area (Å²) in [5.41, 5.74) is 4.55. The summed E-state index contributed by atoms with van der Waals surface area (Å²) in [5.74, 6) is 0. The highest BCUT2D eigenvalue weighted by Gasteiger charge is 2.31. The highest BCUT2D eigenvalue weighted by Crippen LogP contribution is 2.41. The molecule has 1 heteroatoms. The third-order valence-corrected chi connectivity index (χ3v) is 3.52. The molecule has 0 nitrogen and oxygen atoms in total. The maximum Gasteiger partial charge on any atom is 0.0325 e. The zero-order chi connectivity index (χ0) is 14.4. The van der Waals surface area contributed by atoms with Gasteiger partial charge in [-0.3, -0.25) is 0 Å². The van der Waals surface area contributed by atoms with Gasteiger partial charge in [0, 0.05) is 4.75 Å². The van der Waals surface area contributed by atoms with Gasteiger partial charge < -0.3 is 0 Å². The molecule has 18 heavy (non-hydrogen) atoms. The van der Waals surface area contributed by atoms with Crippen LogP contribution in [0.1, 0.15) is 72.1 Å². The summed E-state index contributed by atoms with van der Waals surface area (Å²) in [6, 6.07) is 6.66. The number of benzene rings is 1. The van der Waals surface area contributed by atoms with Crippen LogP contribution in [0.15, 0.2) is 18.2 Å². The van der Waals surface area contributed by atoms with Crippen molar-refractivity contribution in [2.45, 2.75) is 71.0 Å². The fourth-order valence-corrected chi connectivity index (χ4v) is 2.68. The van der Waals surface area contributed by atoms with Gasteiger partial charge in [0.15, 0.2) is 0 Å². The summed E-state index contributed by atoms with van der Waals surface area (Å²) in [5, 5.41) is 0. The average molecular weight is 264 g/mol. The minimum Gasteiger partial charge on any atom is -0.168 e. The second kappa shape index (κ2) is 4.59. The molecule has 102 valence electrons. The molecule has 0 heterocycles. The average Bonchev–Trinajstić information content (AvgIpc) is 2.12. The van der Waals surface area contributed by atoms with Crippen molar-refractivity contribution < 1.29 is 0 Å². The lowest BCUT2D eigenvalue weighted by Crippen LogP contribution is -2.27. The van der Waals surface area contributed by atoms with Gasteiger partial charge in [-0.1, -0.05) is 59.7 Å². The van der Waals surface area contributed by atoms with Gasteiger partial charge in [-0.25, -0.2) is 0 Å². The van der Waals surface area contributed by atoms with E-state index < -0.39 is 0 Å². The van der Waals surface area contributed by atoms with Crippen molar-refractivity contribution in [2.24, 2.45) is 0 Å². The first-order chi connectivity index (χ1) is 7.85. The van der Waals surface area contributed by atoms with E-state index in [1.54, 1.807) is 0 Å². The molecule has 0 saturated carbocycles. The minimum absolute atomic E-state index is 0.107. The highest BCUT2D eigenvalue weighted by atomic mass is 32.1. The standard InChI is InChI=1S/C17H28S/c1-15(2,3)12-10-9-11-13(17(7,8)18)14(12)16(4,5)6/h9-11,18H,1-8H3. The van der Waals surface area contributed by atoms with Gasteiger partial charge in [0.25, 0.3) is 0 Å². The Kier molecular flexibility index (Phi) is 3.99. The molecule has 0 spiro atoms. The van der Waals surface area contributed by atoms with Crippen molar-refractivity contribution >= 4 is 12.6 Å². The van der Waals surface area contributed by atoms with E-state index in [0.29, 0.717) is 0 Å². The SMILES string of the molecule is CC(C)(C)c1cccc(C(C)(C)S)c1C(C)(C)C. The number of thiol groups is 1. The minimum atomic E-state index is -0.107. The fourth-order valence-electron chi connectivity index (χ4n) is 2.50. The van der Waals surface area contributed by atoms with Crippen LogP contribution in [0.3, 0.4) is 0 Å². The monoisotopic (exact) mass is 264 g/mol. The first-order valence-corrected chi connectivity index (χ1v) is 7.16. The van der Waals surface area contributed by atoms with Crippen molar-refractivity contribution in [3.63, 3.8) is 0 Å². The molecule has 0 N–H and O–H groups in total. The molecule has 0 fully saturated rings. The normalized spacial score (nSPS) is 13.8. The Morgan fingerprint density at radius 3 is 1.50 bits per heavy atom. The first-order valence-electron chi connectivity index (χ1n) is 6.72. The Morgan fingerprint density at radius 2 is 1.17 bits per heavy atom. The van der Waals surface area contributed by atoms with Crippen LogP contribution in [0.5, 0.6) is 0 Å². The van der Waals surface area contributed by atoms with Crippen LogP contribution >= 0.6 is 12.6 Å². The van der Waals surface area contributed by atoms with E-state index in [1.807, 2.05) is 0 Å². The lowest BCUT2D eigenvalue weighted by atomic mass is 9.71. The molecule has 0 unspecified atom stereocenters. The largest absolute Gasteiger partial charge is 0.168 e. The molecular weight excluding hydrogens is 236 g/mol. The molecule has 0 bridgehead atoms. The molecule has 1 rings (SSSR count). The van der Waals surface area contributed by atoms with Crippen LogP contribution in [0.2, 0.25) is 0 Å². The first kappa shape index (κ1) is 15.6. The van der Waals surface area contributed by atoms with E-state index in [4.69, 9.17) is 12.6 Å². The third kappa shape index (κ3) is 3.32. The molecule has 0 aliphatic rings. The Morgan fingerprint density at radius 1 is 0.722 bits per heavy atom. The fraction of sp³-hybridized carbons (Fsp3) is 0.647. The van der Waals surface area contributed by atoms with Crippen LogP contribution in [0.4, 0.5) is 0 Å². The van der Waals surface area contributed by atoms with Gasteiger partial charge >= 0.3 is 0 Å². The summed E-state index contributed by atoms with van der Waals surface area (Å²) < 4.78 is -0.107. The molecule has 1 aromatic carbocycles.